The standard InChI is InChI=1S/C21H26N2O3/c1-15-6-4-5-7-18(15)16(2)22-21(24)14-23(3)13-17-8-9-19-20(12-17)26-11-10-25-19/h4-9,12,16H,10-11,13-14H2,1-3H3,(H,22,24)/t16-/m1/s1. The third kappa shape index (κ3) is 4.55. The lowest BCUT2D eigenvalue weighted by molar-refractivity contribution is -0.122. The van der Waals surface area contributed by atoms with Gasteiger partial charge >= 0.3 is 0 Å². The Kier molecular flexibility index (Phi) is 5.78. The number of rotatable bonds is 6. The summed E-state index contributed by atoms with van der Waals surface area (Å²) in [5.74, 6) is 1.58. The van der Waals surface area contributed by atoms with E-state index in [0.29, 0.717) is 26.3 Å². The van der Waals surface area contributed by atoms with E-state index in [4.69, 9.17) is 9.47 Å². The van der Waals surface area contributed by atoms with Gasteiger partial charge in [0, 0.05) is 6.54 Å². The highest BCUT2D eigenvalue weighted by atomic mass is 16.6. The van der Waals surface area contributed by atoms with Crippen LogP contribution in [0.25, 0.3) is 0 Å². The first-order valence-corrected chi connectivity index (χ1v) is 8.95. The first kappa shape index (κ1) is 18.3. The number of ether oxygens (including phenoxy) is 2. The molecule has 0 spiro atoms. The fourth-order valence-electron chi connectivity index (χ4n) is 3.24. The van der Waals surface area contributed by atoms with Crippen molar-refractivity contribution in [3.8, 4) is 11.5 Å². The molecule has 2 aromatic carbocycles. The Morgan fingerprint density at radius 1 is 1.15 bits per heavy atom. The summed E-state index contributed by atoms with van der Waals surface area (Å²) < 4.78 is 11.2. The van der Waals surface area contributed by atoms with Gasteiger partial charge in [-0.1, -0.05) is 30.3 Å². The Hall–Kier alpha value is -2.53. The van der Waals surface area contributed by atoms with E-state index < -0.39 is 0 Å². The lowest BCUT2D eigenvalue weighted by Gasteiger charge is -2.22. The van der Waals surface area contributed by atoms with Gasteiger partial charge < -0.3 is 14.8 Å². The predicted octanol–water partition coefficient (Wildman–Crippen LogP) is 3.08. The second-order valence-corrected chi connectivity index (χ2v) is 6.80. The summed E-state index contributed by atoms with van der Waals surface area (Å²) in [6.45, 7) is 6.25. The van der Waals surface area contributed by atoms with E-state index in [0.717, 1.165) is 22.6 Å². The molecule has 1 aliphatic rings. The van der Waals surface area contributed by atoms with Crippen LogP contribution >= 0.6 is 0 Å². The molecule has 0 aromatic heterocycles. The number of nitrogens with zero attached hydrogens (tertiary/aromatic N) is 1. The summed E-state index contributed by atoms with van der Waals surface area (Å²) in [5, 5.41) is 3.08. The number of likely N-dealkylation sites (N-methyl/N-ethyl adjacent to an activating group) is 1. The Balaban J connectivity index is 1.53. The van der Waals surface area contributed by atoms with Crippen molar-refractivity contribution < 1.29 is 14.3 Å². The first-order chi connectivity index (χ1) is 12.5. The molecule has 5 nitrogen and oxygen atoms in total. The van der Waals surface area contributed by atoms with Gasteiger partial charge in [0.1, 0.15) is 13.2 Å². The molecule has 5 heteroatoms. The largest absolute Gasteiger partial charge is 0.486 e. The molecule has 0 fully saturated rings. The number of hydrogen-bond donors (Lipinski definition) is 1. The fourth-order valence-corrected chi connectivity index (χ4v) is 3.24. The summed E-state index contributed by atoms with van der Waals surface area (Å²) in [7, 11) is 1.94. The van der Waals surface area contributed by atoms with E-state index in [9.17, 15) is 4.79 Å². The molecule has 0 saturated carbocycles. The predicted molar refractivity (Wildman–Crippen MR) is 102 cm³/mol. The van der Waals surface area contributed by atoms with Crippen LogP contribution in [0.4, 0.5) is 0 Å². The molecule has 0 saturated heterocycles. The van der Waals surface area contributed by atoms with Crippen molar-refractivity contribution in [2.45, 2.75) is 26.4 Å². The summed E-state index contributed by atoms with van der Waals surface area (Å²) in [4.78, 5) is 14.4. The maximum Gasteiger partial charge on any atom is 0.234 e. The van der Waals surface area contributed by atoms with Crippen LogP contribution in [0.2, 0.25) is 0 Å². The second kappa shape index (κ2) is 8.23. The lowest BCUT2D eigenvalue weighted by Crippen LogP contribution is -2.36. The van der Waals surface area contributed by atoms with Crippen molar-refractivity contribution in [3.63, 3.8) is 0 Å². The fraction of sp³-hybridized carbons (Fsp3) is 0.381. The van der Waals surface area contributed by atoms with Crippen LogP contribution in [0, 0.1) is 6.92 Å². The first-order valence-electron chi connectivity index (χ1n) is 8.95. The van der Waals surface area contributed by atoms with Crippen LogP contribution in [0.1, 0.15) is 29.7 Å². The molecule has 26 heavy (non-hydrogen) atoms. The minimum Gasteiger partial charge on any atom is -0.486 e. The van der Waals surface area contributed by atoms with Gasteiger partial charge in [-0.2, -0.15) is 0 Å². The highest BCUT2D eigenvalue weighted by molar-refractivity contribution is 5.78. The number of carbonyl (C=O) groups is 1. The van der Waals surface area contributed by atoms with E-state index in [1.54, 1.807) is 0 Å². The third-order valence-electron chi connectivity index (χ3n) is 4.51. The lowest BCUT2D eigenvalue weighted by atomic mass is 10.0. The highest BCUT2D eigenvalue weighted by Crippen LogP contribution is 2.31. The molecule has 0 unspecified atom stereocenters. The quantitative estimate of drug-likeness (QED) is 0.866. The molecule has 1 heterocycles. The summed E-state index contributed by atoms with van der Waals surface area (Å²) in [5.41, 5.74) is 3.43. The summed E-state index contributed by atoms with van der Waals surface area (Å²) in [6.07, 6.45) is 0. The molecular formula is C21H26N2O3. The minimum atomic E-state index is -0.00797. The average Bonchev–Trinajstić information content (AvgIpc) is 2.61. The number of fused-ring (bicyclic) bond motifs is 1. The Morgan fingerprint density at radius 3 is 2.65 bits per heavy atom. The van der Waals surface area contributed by atoms with E-state index in [1.807, 2.05) is 49.2 Å². The summed E-state index contributed by atoms with van der Waals surface area (Å²) >= 11 is 0. The highest BCUT2D eigenvalue weighted by Gasteiger charge is 2.15. The van der Waals surface area contributed by atoms with Crippen molar-refractivity contribution in [1.29, 1.82) is 0 Å². The topological polar surface area (TPSA) is 50.8 Å². The number of aryl methyl sites for hydroxylation is 1. The maximum absolute atomic E-state index is 12.4. The molecule has 0 bridgehead atoms. The van der Waals surface area contributed by atoms with Crippen LogP contribution in [0.15, 0.2) is 42.5 Å². The maximum atomic E-state index is 12.4. The molecule has 2 aromatic rings. The number of carbonyl (C=O) groups excluding carboxylic acids is 1. The van der Waals surface area contributed by atoms with Gasteiger partial charge in [-0.05, 0) is 49.7 Å². The van der Waals surface area contributed by atoms with E-state index in [-0.39, 0.29) is 11.9 Å². The Bertz CT molecular complexity index is 776. The minimum absolute atomic E-state index is 0.00797. The monoisotopic (exact) mass is 354 g/mol. The number of amides is 1. The van der Waals surface area contributed by atoms with Crippen LogP contribution < -0.4 is 14.8 Å². The molecule has 138 valence electrons. The number of benzene rings is 2. The molecule has 1 N–H and O–H groups in total. The van der Waals surface area contributed by atoms with Crippen LogP contribution in [0.3, 0.4) is 0 Å². The molecule has 0 radical (unpaired) electrons. The zero-order valence-corrected chi connectivity index (χ0v) is 15.6. The molecule has 1 atom stereocenters. The van der Waals surface area contributed by atoms with Crippen molar-refractivity contribution in [1.82, 2.24) is 10.2 Å². The van der Waals surface area contributed by atoms with Crippen molar-refractivity contribution >= 4 is 5.91 Å². The molecule has 3 rings (SSSR count). The van der Waals surface area contributed by atoms with E-state index in [1.165, 1.54) is 5.56 Å². The van der Waals surface area contributed by atoms with Crippen LogP contribution in [-0.4, -0.2) is 37.6 Å². The van der Waals surface area contributed by atoms with Gasteiger partial charge in [0.2, 0.25) is 5.91 Å². The van der Waals surface area contributed by atoms with Gasteiger partial charge in [-0.25, -0.2) is 0 Å². The summed E-state index contributed by atoms with van der Waals surface area (Å²) in [6, 6.07) is 14.0. The van der Waals surface area contributed by atoms with E-state index in [2.05, 4.69) is 24.4 Å². The molecule has 1 amide bonds. The van der Waals surface area contributed by atoms with Crippen molar-refractivity contribution in [2.24, 2.45) is 0 Å². The van der Waals surface area contributed by atoms with Gasteiger partial charge in [-0.3, -0.25) is 9.69 Å². The molecule has 0 aliphatic carbocycles. The number of hydrogen-bond acceptors (Lipinski definition) is 4. The van der Waals surface area contributed by atoms with Gasteiger partial charge in [-0.15, -0.1) is 0 Å². The SMILES string of the molecule is Cc1ccccc1[C@@H](C)NC(=O)CN(C)Cc1ccc2c(c1)OCCO2. The second-order valence-electron chi connectivity index (χ2n) is 6.80. The van der Waals surface area contributed by atoms with Crippen LogP contribution in [0.5, 0.6) is 11.5 Å². The van der Waals surface area contributed by atoms with Gasteiger partial charge in [0.25, 0.3) is 0 Å². The third-order valence-corrected chi connectivity index (χ3v) is 4.51. The van der Waals surface area contributed by atoms with Crippen molar-refractivity contribution in [2.75, 3.05) is 26.8 Å². The number of nitrogens with one attached hydrogen (secondary N) is 1. The zero-order chi connectivity index (χ0) is 18.5. The van der Waals surface area contributed by atoms with Crippen molar-refractivity contribution in [3.05, 3.63) is 59.2 Å². The van der Waals surface area contributed by atoms with Gasteiger partial charge in [0.05, 0.1) is 12.6 Å². The zero-order valence-electron chi connectivity index (χ0n) is 15.6. The molecular weight excluding hydrogens is 328 g/mol. The van der Waals surface area contributed by atoms with Gasteiger partial charge in [0.15, 0.2) is 11.5 Å². The Labute approximate surface area is 154 Å². The smallest absolute Gasteiger partial charge is 0.234 e. The average molecular weight is 354 g/mol. The molecule has 1 aliphatic heterocycles. The van der Waals surface area contributed by atoms with E-state index >= 15 is 0 Å². The Morgan fingerprint density at radius 2 is 1.88 bits per heavy atom. The van der Waals surface area contributed by atoms with Crippen LogP contribution in [-0.2, 0) is 11.3 Å². The normalized spacial score (nSPS) is 14.2.